The predicted octanol–water partition coefficient (Wildman–Crippen LogP) is 2.33. The van der Waals surface area contributed by atoms with E-state index in [-0.39, 0.29) is 6.61 Å². The Morgan fingerprint density at radius 1 is 1.53 bits per heavy atom. The van der Waals surface area contributed by atoms with Crippen molar-refractivity contribution < 1.29 is 5.11 Å². The number of H-pyrrole nitrogens is 2. The number of rotatable bonds is 3. The van der Waals surface area contributed by atoms with Crippen molar-refractivity contribution >= 4 is 12.2 Å². The fraction of sp³-hybridized carbons (Fsp3) is 0.545. The molecule has 2 rings (SSSR count). The van der Waals surface area contributed by atoms with Crippen LogP contribution in [0, 0.1) is 10.7 Å². The Hall–Kier alpha value is -0.870. The molecular weight excluding hydrogens is 208 g/mol. The summed E-state index contributed by atoms with van der Waals surface area (Å²) in [4.78, 5) is 6.11. The van der Waals surface area contributed by atoms with Crippen LogP contribution in [0.15, 0.2) is 17.8 Å². The van der Waals surface area contributed by atoms with Crippen molar-refractivity contribution in [3.05, 3.63) is 28.3 Å². The van der Waals surface area contributed by atoms with Gasteiger partial charge in [0.15, 0.2) is 4.77 Å². The Kier molecular flexibility index (Phi) is 3.38. The first-order chi connectivity index (χ1) is 7.28. The highest BCUT2D eigenvalue weighted by molar-refractivity contribution is 7.71. The van der Waals surface area contributed by atoms with E-state index in [4.69, 9.17) is 17.3 Å². The number of aromatic nitrogens is 2. The standard InChI is InChI=1S/C11H16N2OS/c14-7-9-3-1-2-8(4-9)5-10-6-12-11(15)13-10/h3,6,8,14H,1-2,4-5,7H2,(H2,12,13,15)/t8-/m0/s1. The molecule has 0 amide bonds. The van der Waals surface area contributed by atoms with Crippen LogP contribution in [0.5, 0.6) is 0 Å². The summed E-state index contributed by atoms with van der Waals surface area (Å²) in [5.74, 6) is 0.638. The van der Waals surface area contributed by atoms with Crippen molar-refractivity contribution in [3.63, 3.8) is 0 Å². The van der Waals surface area contributed by atoms with Gasteiger partial charge in [0.25, 0.3) is 0 Å². The molecule has 0 spiro atoms. The average molecular weight is 224 g/mol. The Morgan fingerprint density at radius 3 is 3.07 bits per heavy atom. The van der Waals surface area contributed by atoms with E-state index in [0.717, 1.165) is 19.3 Å². The molecule has 0 fully saturated rings. The van der Waals surface area contributed by atoms with Crippen LogP contribution in [0.2, 0.25) is 0 Å². The van der Waals surface area contributed by atoms with Gasteiger partial charge >= 0.3 is 0 Å². The smallest absolute Gasteiger partial charge is 0.174 e. The predicted molar refractivity (Wildman–Crippen MR) is 62.2 cm³/mol. The molecule has 0 saturated carbocycles. The lowest BCUT2D eigenvalue weighted by atomic mass is 9.86. The van der Waals surface area contributed by atoms with Crippen molar-refractivity contribution in [3.8, 4) is 0 Å². The normalized spacial score (nSPS) is 21.4. The number of aliphatic hydroxyl groups is 1. The topological polar surface area (TPSA) is 51.8 Å². The van der Waals surface area contributed by atoms with Gasteiger partial charge < -0.3 is 15.1 Å². The molecule has 15 heavy (non-hydrogen) atoms. The minimum Gasteiger partial charge on any atom is -0.392 e. The zero-order chi connectivity index (χ0) is 10.7. The van der Waals surface area contributed by atoms with Crippen LogP contribution < -0.4 is 0 Å². The van der Waals surface area contributed by atoms with Gasteiger partial charge in [-0.15, -0.1) is 0 Å². The van der Waals surface area contributed by atoms with E-state index in [1.807, 2.05) is 6.20 Å². The van der Waals surface area contributed by atoms with Crippen molar-refractivity contribution in [1.82, 2.24) is 9.97 Å². The van der Waals surface area contributed by atoms with Crippen molar-refractivity contribution in [2.24, 2.45) is 5.92 Å². The summed E-state index contributed by atoms with van der Waals surface area (Å²) in [6.07, 6.45) is 8.43. The molecule has 1 aliphatic rings. The van der Waals surface area contributed by atoms with Crippen LogP contribution in [0.25, 0.3) is 0 Å². The maximum absolute atomic E-state index is 9.08. The van der Waals surface area contributed by atoms with Gasteiger partial charge in [-0.2, -0.15) is 0 Å². The fourth-order valence-electron chi connectivity index (χ4n) is 2.17. The largest absolute Gasteiger partial charge is 0.392 e. The lowest BCUT2D eigenvalue weighted by Crippen LogP contribution is -2.11. The molecule has 1 aromatic heterocycles. The van der Waals surface area contributed by atoms with E-state index in [1.165, 1.54) is 17.7 Å². The van der Waals surface area contributed by atoms with Crippen LogP contribution in [0.1, 0.15) is 25.0 Å². The molecule has 0 radical (unpaired) electrons. The van der Waals surface area contributed by atoms with Gasteiger partial charge in [0.05, 0.1) is 6.61 Å². The fourth-order valence-corrected chi connectivity index (χ4v) is 2.36. The molecule has 3 nitrogen and oxygen atoms in total. The lowest BCUT2D eigenvalue weighted by Gasteiger charge is -2.21. The molecule has 4 heteroatoms. The second-order valence-electron chi connectivity index (χ2n) is 4.14. The highest BCUT2D eigenvalue weighted by Gasteiger charge is 2.15. The first kappa shape index (κ1) is 10.6. The van der Waals surface area contributed by atoms with Crippen LogP contribution in [-0.4, -0.2) is 21.7 Å². The number of nitrogens with one attached hydrogen (secondary N) is 2. The Balaban J connectivity index is 1.96. The summed E-state index contributed by atoms with van der Waals surface area (Å²) in [7, 11) is 0. The van der Waals surface area contributed by atoms with Gasteiger partial charge in [0, 0.05) is 11.9 Å². The number of hydrogen-bond donors (Lipinski definition) is 3. The summed E-state index contributed by atoms with van der Waals surface area (Å²) in [6, 6.07) is 0. The van der Waals surface area contributed by atoms with Gasteiger partial charge in [-0.05, 0) is 49.4 Å². The molecule has 0 aliphatic heterocycles. The zero-order valence-electron chi connectivity index (χ0n) is 8.62. The van der Waals surface area contributed by atoms with E-state index in [0.29, 0.717) is 10.7 Å². The number of imidazole rings is 1. The van der Waals surface area contributed by atoms with Crippen molar-refractivity contribution in [1.29, 1.82) is 0 Å². The van der Waals surface area contributed by atoms with E-state index in [9.17, 15) is 0 Å². The van der Waals surface area contributed by atoms with Crippen LogP contribution in [0.4, 0.5) is 0 Å². The average Bonchev–Trinajstić information content (AvgIpc) is 2.64. The first-order valence-corrected chi connectivity index (χ1v) is 5.74. The molecule has 1 atom stereocenters. The molecule has 82 valence electrons. The Morgan fingerprint density at radius 2 is 2.40 bits per heavy atom. The second kappa shape index (κ2) is 4.77. The molecule has 1 heterocycles. The summed E-state index contributed by atoms with van der Waals surface area (Å²) in [6.45, 7) is 0.208. The minimum atomic E-state index is 0.208. The molecular formula is C11H16N2OS. The third-order valence-electron chi connectivity index (χ3n) is 2.92. The van der Waals surface area contributed by atoms with Gasteiger partial charge in [0.1, 0.15) is 0 Å². The molecule has 1 aromatic rings. The summed E-state index contributed by atoms with van der Waals surface area (Å²) in [5.41, 5.74) is 2.35. The maximum Gasteiger partial charge on any atom is 0.174 e. The Labute approximate surface area is 94.2 Å². The van der Waals surface area contributed by atoms with E-state index in [1.54, 1.807) is 0 Å². The van der Waals surface area contributed by atoms with E-state index >= 15 is 0 Å². The highest BCUT2D eigenvalue weighted by Crippen LogP contribution is 2.26. The van der Waals surface area contributed by atoms with Crippen LogP contribution >= 0.6 is 12.2 Å². The number of aliphatic hydroxyl groups excluding tert-OH is 1. The lowest BCUT2D eigenvalue weighted by molar-refractivity contribution is 0.310. The molecule has 0 bridgehead atoms. The number of hydrogen-bond acceptors (Lipinski definition) is 2. The maximum atomic E-state index is 9.08. The summed E-state index contributed by atoms with van der Waals surface area (Å²) >= 11 is 4.98. The molecule has 0 unspecified atom stereocenters. The molecule has 0 aromatic carbocycles. The first-order valence-electron chi connectivity index (χ1n) is 5.33. The highest BCUT2D eigenvalue weighted by atomic mass is 32.1. The zero-order valence-corrected chi connectivity index (χ0v) is 9.44. The van der Waals surface area contributed by atoms with Crippen LogP contribution in [0.3, 0.4) is 0 Å². The van der Waals surface area contributed by atoms with Gasteiger partial charge in [-0.3, -0.25) is 0 Å². The molecule has 0 saturated heterocycles. The third-order valence-corrected chi connectivity index (χ3v) is 3.14. The quantitative estimate of drug-likeness (QED) is 0.545. The van der Waals surface area contributed by atoms with Crippen LogP contribution in [-0.2, 0) is 6.42 Å². The second-order valence-corrected chi connectivity index (χ2v) is 4.55. The van der Waals surface area contributed by atoms with Gasteiger partial charge in [0.2, 0.25) is 0 Å². The number of aromatic amines is 2. The van der Waals surface area contributed by atoms with Crippen molar-refractivity contribution in [2.75, 3.05) is 6.61 Å². The molecule has 3 N–H and O–H groups in total. The van der Waals surface area contributed by atoms with E-state index < -0.39 is 0 Å². The summed E-state index contributed by atoms with van der Waals surface area (Å²) < 4.78 is 0.693. The SMILES string of the molecule is OCC1=CCC[C@H](Cc2c[nH]c(=S)[nH]2)C1. The third kappa shape index (κ3) is 2.79. The minimum absolute atomic E-state index is 0.208. The Bertz CT molecular complexity index is 405. The van der Waals surface area contributed by atoms with Gasteiger partial charge in [-0.25, -0.2) is 0 Å². The van der Waals surface area contributed by atoms with Crippen molar-refractivity contribution in [2.45, 2.75) is 25.7 Å². The monoisotopic (exact) mass is 224 g/mol. The van der Waals surface area contributed by atoms with Gasteiger partial charge in [-0.1, -0.05) is 6.08 Å². The number of allylic oxidation sites excluding steroid dienone is 1. The van der Waals surface area contributed by atoms with E-state index in [2.05, 4.69) is 16.0 Å². The summed E-state index contributed by atoms with van der Waals surface area (Å²) in [5, 5.41) is 9.08. The molecule has 1 aliphatic carbocycles.